The molecule has 8 nitrogen and oxygen atoms in total. The summed E-state index contributed by atoms with van der Waals surface area (Å²) in [6, 6.07) is 14.1. The fraction of sp³-hybridized carbons (Fsp3) is 0.250. The second-order valence-corrected chi connectivity index (χ2v) is 7.44. The number of nitrogens with zero attached hydrogens (tertiary/aromatic N) is 3. The highest BCUT2D eigenvalue weighted by Gasteiger charge is 2.15. The Morgan fingerprint density at radius 3 is 2.53 bits per heavy atom. The van der Waals surface area contributed by atoms with Crippen LogP contribution in [0.2, 0.25) is 0 Å². The molecule has 0 aliphatic heterocycles. The second kappa shape index (κ2) is 9.91. The number of nitro groups is 1. The van der Waals surface area contributed by atoms with Crippen LogP contribution in [-0.2, 0) is 11.2 Å². The summed E-state index contributed by atoms with van der Waals surface area (Å²) in [5.41, 5.74) is 7.71. The largest absolute Gasteiger partial charge is 0.494 e. The van der Waals surface area contributed by atoms with Crippen LogP contribution in [0.15, 0.2) is 53.6 Å². The maximum Gasteiger partial charge on any atom is 0.271 e. The average Bonchev–Trinajstić information content (AvgIpc) is 3.03. The van der Waals surface area contributed by atoms with Crippen molar-refractivity contribution in [3.8, 4) is 11.4 Å². The Morgan fingerprint density at radius 2 is 1.88 bits per heavy atom. The third-order valence-electron chi connectivity index (χ3n) is 5.11. The number of hydrogen-bond donors (Lipinski definition) is 1. The van der Waals surface area contributed by atoms with E-state index < -0.39 is 4.92 Å². The number of nitrogens with one attached hydrogen (secondary N) is 1. The van der Waals surface area contributed by atoms with Crippen LogP contribution < -0.4 is 10.2 Å². The summed E-state index contributed by atoms with van der Waals surface area (Å²) in [5, 5.41) is 15.3. The van der Waals surface area contributed by atoms with Crippen molar-refractivity contribution in [3.05, 3.63) is 86.7 Å². The molecule has 0 radical (unpaired) electrons. The molecule has 8 heteroatoms. The van der Waals surface area contributed by atoms with Crippen LogP contribution in [0.3, 0.4) is 0 Å². The third-order valence-corrected chi connectivity index (χ3v) is 5.11. The predicted molar refractivity (Wildman–Crippen MR) is 124 cm³/mol. The Bertz CT molecular complexity index is 1160. The van der Waals surface area contributed by atoms with Gasteiger partial charge >= 0.3 is 0 Å². The highest BCUT2D eigenvalue weighted by atomic mass is 16.6. The van der Waals surface area contributed by atoms with Crippen molar-refractivity contribution in [2.24, 2.45) is 5.10 Å². The monoisotopic (exact) mass is 434 g/mol. The summed E-state index contributed by atoms with van der Waals surface area (Å²) in [6.45, 7) is 8.26. The highest BCUT2D eigenvalue weighted by Crippen LogP contribution is 2.26. The SMILES string of the molecule is CCOc1ccc(CC(=O)N/N=C\c2cc(C)n(-c3cc([N+](=O)[O-])ccc3C)c2C)cc1. The zero-order chi connectivity index (χ0) is 23.3. The number of benzene rings is 2. The van der Waals surface area contributed by atoms with Crippen LogP contribution in [0.4, 0.5) is 5.69 Å². The number of aromatic nitrogens is 1. The van der Waals surface area contributed by atoms with Crippen molar-refractivity contribution in [2.75, 3.05) is 6.61 Å². The quantitative estimate of drug-likeness (QED) is 0.323. The van der Waals surface area contributed by atoms with E-state index in [1.54, 1.807) is 18.3 Å². The number of carbonyl (C=O) groups is 1. The Kier molecular flexibility index (Phi) is 7.04. The van der Waals surface area contributed by atoms with Crippen LogP contribution in [0, 0.1) is 30.9 Å². The van der Waals surface area contributed by atoms with E-state index in [0.29, 0.717) is 6.61 Å². The summed E-state index contributed by atoms with van der Waals surface area (Å²) in [7, 11) is 0. The first-order valence-electron chi connectivity index (χ1n) is 10.3. The normalized spacial score (nSPS) is 11.0. The van der Waals surface area contributed by atoms with E-state index in [-0.39, 0.29) is 18.0 Å². The minimum atomic E-state index is -0.403. The maximum absolute atomic E-state index is 12.2. The molecule has 2 aromatic carbocycles. The molecule has 0 unspecified atom stereocenters. The topological polar surface area (TPSA) is 98.8 Å². The van der Waals surface area contributed by atoms with Crippen LogP contribution in [0.1, 0.15) is 35.0 Å². The van der Waals surface area contributed by atoms with Crippen molar-refractivity contribution in [1.29, 1.82) is 0 Å². The van der Waals surface area contributed by atoms with Gasteiger partial charge < -0.3 is 9.30 Å². The standard InChI is InChI=1S/C24H26N4O4/c1-5-32-22-10-7-19(8-11-22)13-24(29)26-25-15-20-12-17(3)27(18(20)4)23-14-21(28(30)31)9-6-16(23)2/h6-12,14-15H,5,13H2,1-4H3,(H,26,29)/b25-15-. The van der Waals surface area contributed by atoms with Gasteiger partial charge in [-0.15, -0.1) is 0 Å². The van der Waals surface area contributed by atoms with E-state index in [9.17, 15) is 14.9 Å². The van der Waals surface area contributed by atoms with E-state index in [4.69, 9.17) is 4.74 Å². The van der Waals surface area contributed by atoms with E-state index >= 15 is 0 Å². The molecule has 0 aliphatic carbocycles. The Hall–Kier alpha value is -3.94. The van der Waals surface area contributed by atoms with Gasteiger partial charge in [-0.05, 0) is 57.0 Å². The first-order chi connectivity index (χ1) is 15.3. The lowest BCUT2D eigenvalue weighted by atomic mass is 10.1. The van der Waals surface area contributed by atoms with Gasteiger partial charge in [0.25, 0.3) is 5.69 Å². The number of nitro benzene ring substituents is 1. The van der Waals surface area contributed by atoms with Gasteiger partial charge in [0.15, 0.2) is 0 Å². The number of amides is 1. The van der Waals surface area contributed by atoms with Crippen molar-refractivity contribution < 1.29 is 14.5 Å². The molecule has 0 spiro atoms. The second-order valence-electron chi connectivity index (χ2n) is 7.44. The average molecular weight is 434 g/mol. The maximum atomic E-state index is 12.2. The van der Waals surface area contributed by atoms with Crippen molar-refractivity contribution in [1.82, 2.24) is 9.99 Å². The van der Waals surface area contributed by atoms with Gasteiger partial charge in [0.05, 0.1) is 29.9 Å². The van der Waals surface area contributed by atoms with E-state index in [0.717, 1.165) is 39.5 Å². The van der Waals surface area contributed by atoms with Gasteiger partial charge in [-0.1, -0.05) is 18.2 Å². The molecule has 0 saturated heterocycles. The smallest absolute Gasteiger partial charge is 0.271 e. The first kappa shape index (κ1) is 22.7. The summed E-state index contributed by atoms with van der Waals surface area (Å²) in [5.74, 6) is 0.540. The Labute approximate surface area is 186 Å². The lowest BCUT2D eigenvalue weighted by Crippen LogP contribution is -2.19. The minimum Gasteiger partial charge on any atom is -0.494 e. The summed E-state index contributed by atoms with van der Waals surface area (Å²) in [6.07, 6.45) is 1.79. The Morgan fingerprint density at radius 1 is 1.16 bits per heavy atom. The molecular formula is C24H26N4O4. The first-order valence-corrected chi connectivity index (χ1v) is 10.3. The summed E-state index contributed by atoms with van der Waals surface area (Å²) >= 11 is 0. The molecule has 1 amide bonds. The molecule has 1 N–H and O–H groups in total. The number of hydrazone groups is 1. The van der Waals surface area contributed by atoms with Crippen molar-refractivity contribution in [3.63, 3.8) is 0 Å². The van der Waals surface area contributed by atoms with Gasteiger partial charge in [-0.25, -0.2) is 5.43 Å². The van der Waals surface area contributed by atoms with Crippen LogP contribution in [0.25, 0.3) is 5.69 Å². The van der Waals surface area contributed by atoms with Crippen LogP contribution in [-0.4, -0.2) is 28.2 Å². The number of hydrogen-bond acceptors (Lipinski definition) is 5. The zero-order valence-corrected chi connectivity index (χ0v) is 18.6. The van der Waals surface area contributed by atoms with Crippen LogP contribution >= 0.6 is 0 Å². The number of rotatable bonds is 8. The molecule has 166 valence electrons. The fourth-order valence-electron chi connectivity index (χ4n) is 3.51. The minimum absolute atomic E-state index is 0.0369. The van der Waals surface area contributed by atoms with E-state index in [2.05, 4.69) is 10.5 Å². The lowest BCUT2D eigenvalue weighted by molar-refractivity contribution is -0.384. The lowest BCUT2D eigenvalue weighted by Gasteiger charge is -2.12. The summed E-state index contributed by atoms with van der Waals surface area (Å²) < 4.78 is 7.35. The molecule has 0 fully saturated rings. The predicted octanol–water partition coefficient (Wildman–Crippen LogP) is 4.40. The van der Waals surface area contributed by atoms with Crippen molar-refractivity contribution in [2.45, 2.75) is 34.1 Å². The summed E-state index contributed by atoms with van der Waals surface area (Å²) in [4.78, 5) is 23.0. The molecule has 0 atom stereocenters. The molecule has 1 aromatic heterocycles. The molecule has 0 aliphatic rings. The van der Waals surface area contributed by atoms with Gasteiger partial charge in [0.1, 0.15) is 5.75 Å². The van der Waals surface area contributed by atoms with Gasteiger partial charge in [-0.3, -0.25) is 14.9 Å². The Balaban J connectivity index is 1.71. The molecule has 0 bridgehead atoms. The number of aryl methyl sites for hydroxylation is 2. The van der Waals surface area contributed by atoms with Crippen LogP contribution in [0.5, 0.6) is 5.75 Å². The fourth-order valence-corrected chi connectivity index (χ4v) is 3.51. The number of non-ortho nitro benzene ring substituents is 1. The third kappa shape index (κ3) is 5.21. The number of carbonyl (C=O) groups excluding carboxylic acids is 1. The highest BCUT2D eigenvalue weighted by molar-refractivity contribution is 5.85. The van der Waals surface area contributed by atoms with Gasteiger partial charge in [0.2, 0.25) is 5.91 Å². The molecule has 3 aromatic rings. The number of ether oxygens (including phenoxy) is 1. The van der Waals surface area contributed by atoms with Crippen molar-refractivity contribution >= 4 is 17.8 Å². The molecule has 0 saturated carbocycles. The molecular weight excluding hydrogens is 408 g/mol. The zero-order valence-electron chi connectivity index (χ0n) is 18.6. The molecule has 3 rings (SSSR count). The van der Waals surface area contributed by atoms with Gasteiger partial charge in [0, 0.05) is 29.1 Å². The van der Waals surface area contributed by atoms with Gasteiger partial charge in [-0.2, -0.15) is 5.10 Å². The van der Waals surface area contributed by atoms with E-state index in [1.807, 2.05) is 62.6 Å². The molecule has 32 heavy (non-hydrogen) atoms. The van der Waals surface area contributed by atoms with E-state index in [1.165, 1.54) is 6.07 Å². The molecule has 1 heterocycles.